The molecule has 0 fully saturated rings. The molecule has 0 aliphatic rings. The Labute approximate surface area is 130 Å². The number of carbonyl (C=O) groups is 1. The van der Waals surface area contributed by atoms with Gasteiger partial charge in [0.15, 0.2) is 0 Å². The van der Waals surface area contributed by atoms with Gasteiger partial charge < -0.3 is 10.6 Å². The molecule has 2 N–H and O–H groups in total. The molecule has 0 aromatic heterocycles. The average Bonchev–Trinajstić information content (AvgIpc) is 2.48. The zero-order valence-corrected chi connectivity index (χ0v) is 13.0. The smallest absolute Gasteiger partial charge is 0.257 e. The van der Waals surface area contributed by atoms with Crippen molar-refractivity contribution in [2.45, 2.75) is 20.3 Å². The summed E-state index contributed by atoms with van der Waals surface area (Å²) in [7, 11) is 0. The molecule has 3 nitrogen and oxygen atoms in total. The third kappa shape index (κ3) is 3.99. The molecule has 0 spiro atoms. The molecule has 2 aromatic carbocycles. The molecule has 0 bridgehead atoms. The highest BCUT2D eigenvalue weighted by molar-refractivity contribution is 6.31. The van der Waals surface area contributed by atoms with E-state index in [1.165, 1.54) is 0 Å². The lowest BCUT2D eigenvalue weighted by atomic mass is 10.1. The minimum atomic E-state index is -0.162. The van der Waals surface area contributed by atoms with Crippen LogP contribution in [-0.2, 0) is 0 Å². The zero-order chi connectivity index (χ0) is 15.2. The number of amides is 1. The van der Waals surface area contributed by atoms with Gasteiger partial charge in [-0.15, -0.1) is 0 Å². The van der Waals surface area contributed by atoms with Gasteiger partial charge >= 0.3 is 0 Å². The van der Waals surface area contributed by atoms with Gasteiger partial charge in [0.25, 0.3) is 5.91 Å². The summed E-state index contributed by atoms with van der Waals surface area (Å²) in [6.45, 7) is 4.85. The normalized spacial score (nSPS) is 10.2. The van der Waals surface area contributed by atoms with Gasteiger partial charge in [-0.25, -0.2) is 0 Å². The molecule has 0 saturated heterocycles. The highest BCUT2D eigenvalue weighted by atomic mass is 35.5. The number of carbonyl (C=O) groups excluding carboxylic acids is 1. The number of rotatable bonds is 5. The van der Waals surface area contributed by atoms with Gasteiger partial charge in [0.05, 0.1) is 5.56 Å². The molecule has 4 heteroatoms. The van der Waals surface area contributed by atoms with Crippen LogP contribution >= 0.6 is 11.6 Å². The summed E-state index contributed by atoms with van der Waals surface area (Å²) in [5.74, 6) is -0.162. The first-order valence-corrected chi connectivity index (χ1v) is 7.40. The van der Waals surface area contributed by atoms with Gasteiger partial charge in [-0.05, 0) is 43.2 Å². The maximum atomic E-state index is 12.5. The summed E-state index contributed by atoms with van der Waals surface area (Å²) in [6.07, 6.45) is 0.988. The van der Waals surface area contributed by atoms with Crippen molar-refractivity contribution in [1.82, 2.24) is 0 Å². The standard InChI is InChI=1S/C17H19ClN2O/c1-3-10-19-16-9-8-13(18)11-14(16)17(21)20-15-7-5-4-6-12(15)2/h4-9,11,19H,3,10H2,1-2H3,(H,20,21). The Bertz CT molecular complexity index is 640. The molecule has 2 rings (SSSR count). The minimum Gasteiger partial charge on any atom is -0.384 e. The third-order valence-electron chi connectivity index (χ3n) is 3.18. The molecule has 0 aliphatic carbocycles. The predicted molar refractivity (Wildman–Crippen MR) is 89.4 cm³/mol. The first-order valence-electron chi connectivity index (χ1n) is 7.02. The summed E-state index contributed by atoms with van der Waals surface area (Å²) in [6, 6.07) is 13.0. The Kier molecular flexibility index (Phi) is 5.23. The Morgan fingerprint density at radius 1 is 1.14 bits per heavy atom. The summed E-state index contributed by atoms with van der Waals surface area (Å²) in [4.78, 5) is 12.5. The molecule has 0 atom stereocenters. The fourth-order valence-corrected chi connectivity index (χ4v) is 2.19. The second-order valence-corrected chi connectivity index (χ2v) is 5.32. The summed E-state index contributed by atoms with van der Waals surface area (Å²) < 4.78 is 0. The second-order valence-electron chi connectivity index (χ2n) is 4.89. The summed E-state index contributed by atoms with van der Waals surface area (Å²) in [5.41, 5.74) is 3.19. The van der Waals surface area contributed by atoms with E-state index in [9.17, 15) is 4.79 Å². The lowest BCUT2D eigenvalue weighted by Crippen LogP contribution is -2.15. The maximum absolute atomic E-state index is 12.5. The Balaban J connectivity index is 2.25. The molecule has 0 radical (unpaired) electrons. The molecule has 2 aromatic rings. The van der Waals surface area contributed by atoms with E-state index in [0.717, 1.165) is 29.9 Å². The highest BCUT2D eigenvalue weighted by Gasteiger charge is 2.13. The van der Waals surface area contributed by atoms with E-state index < -0.39 is 0 Å². The quantitative estimate of drug-likeness (QED) is 0.839. The molecule has 0 aliphatic heterocycles. The number of benzene rings is 2. The van der Waals surface area contributed by atoms with E-state index in [2.05, 4.69) is 17.6 Å². The molecular formula is C17H19ClN2O. The first kappa shape index (κ1) is 15.4. The van der Waals surface area contributed by atoms with E-state index >= 15 is 0 Å². The monoisotopic (exact) mass is 302 g/mol. The molecule has 1 amide bonds. The minimum absolute atomic E-state index is 0.162. The van der Waals surface area contributed by atoms with Crippen LogP contribution in [0.1, 0.15) is 29.3 Å². The van der Waals surface area contributed by atoms with Crippen molar-refractivity contribution >= 4 is 28.9 Å². The van der Waals surface area contributed by atoms with Crippen molar-refractivity contribution in [2.75, 3.05) is 17.2 Å². The van der Waals surface area contributed by atoms with Crippen LogP contribution < -0.4 is 10.6 Å². The Morgan fingerprint density at radius 3 is 2.62 bits per heavy atom. The zero-order valence-electron chi connectivity index (χ0n) is 12.2. The van der Waals surface area contributed by atoms with Gasteiger partial charge in [-0.1, -0.05) is 36.7 Å². The molecule has 110 valence electrons. The van der Waals surface area contributed by atoms with Crippen molar-refractivity contribution < 1.29 is 4.79 Å². The summed E-state index contributed by atoms with van der Waals surface area (Å²) >= 11 is 6.02. The van der Waals surface area contributed by atoms with E-state index in [1.54, 1.807) is 12.1 Å². The van der Waals surface area contributed by atoms with E-state index in [1.807, 2.05) is 37.3 Å². The second kappa shape index (κ2) is 7.14. The number of aryl methyl sites for hydroxylation is 1. The van der Waals surface area contributed by atoms with Crippen LogP contribution in [0.15, 0.2) is 42.5 Å². The number of anilines is 2. The molecule has 0 saturated carbocycles. The Hall–Kier alpha value is -2.00. The Morgan fingerprint density at radius 2 is 1.90 bits per heavy atom. The SMILES string of the molecule is CCCNc1ccc(Cl)cc1C(=O)Nc1ccccc1C. The number of para-hydroxylation sites is 1. The van der Waals surface area contributed by atoms with Crippen LogP contribution in [0.2, 0.25) is 5.02 Å². The van der Waals surface area contributed by atoms with Crippen LogP contribution in [0, 0.1) is 6.92 Å². The number of hydrogen-bond donors (Lipinski definition) is 2. The first-order chi connectivity index (χ1) is 10.1. The van der Waals surface area contributed by atoms with Crippen LogP contribution in [0.5, 0.6) is 0 Å². The van der Waals surface area contributed by atoms with Gasteiger partial charge in [0, 0.05) is 22.9 Å². The van der Waals surface area contributed by atoms with E-state index in [0.29, 0.717) is 10.6 Å². The van der Waals surface area contributed by atoms with E-state index in [4.69, 9.17) is 11.6 Å². The number of nitrogens with one attached hydrogen (secondary N) is 2. The molecule has 21 heavy (non-hydrogen) atoms. The van der Waals surface area contributed by atoms with Crippen LogP contribution in [0.3, 0.4) is 0 Å². The van der Waals surface area contributed by atoms with Crippen molar-refractivity contribution in [3.05, 3.63) is 58.6 Å². The van der Waals surface area contributed by atoms with Gasteiger partial charge in [0.1, 0.15) is 0 Å². The largest absolute Gasteiger partial charge is 0.384 e. The fourth-order valence-electron chi connectivity index (χ4n) is 2.02. The molecular weight excluding hydrogens is 284 g/mol. The van der Waals surface area contributed by atoms with Crippen molar-refractivity contribution in [1.29, 1.82) is 0 Å². The van der Waals surface area contributed by atoms with Gasteiger partial charge in [-0.2, -0.15) is 0 Å². The fraction of sp³-hybridized carbons (Fsp3) is 0.235. The topological polar surface area (TPSA) is 41.1 Å². The lowest BCUT2D eigenvalue weighted by molar-refractivity contribution is 0.102. The van der Waals surface area contributed by atoms with Crippen LogP contribution in [-0.4, -0.2) is 12.5 Å². The third-order valence-corrected chi connectivity index (χ3v) is 3.42. The van der Waals surface area contributed by atoms with Crippen LogP contribution in [0.4, 0.5) is 11.4 Å². The lowest BCUT2D eigenvalue weighted by Gasteiger charge is -2.13. The van der Waals surface area contributed by atoms with E-state index in [-0.39, 0.29) is 5.91 Å². The summed E-state index contributed by atoms with van der Waals surface area (Å²) in [5, 5.41) is 6.73. The average molecular weight is 303 g/mol. The van der Waals surface area contributed by atoms with Crippen molar-refractivity contribution in [3.8, 4) is 0 Å². The van der Waals surface area contributed by atoms with Crippen molar-refractivity contribution in [3.63, 3.8) is 0 Å². The molecule has 0 unspecified atom stereocenters. The molecule has 0 heterocycles. The number of halogens is 1. The highest BCUT2D eigenvalue weighted by Crippen LogP contribution is 2.23. The van der Waals surface area contributed by atoms with Crippen molar-refractivity contribution in [2.24, 2.45) is 0 Å². The predicted octanol–water partition coefficient (Wildman–Crippen LogP) is 4.72. The van der Waals surface area contributed by atoms with Crippen LogP contribution in [0.25, 0.3) is 0 Å². The van der Waals surface area contributed by atoms with Gasteiger partial charge in [0.2, 0.25) is 0 Å². The maximum Gasteiger partial charge on any atom is 0.257 e. The van der Waals surface area contributed by atoms with Gasteiger partial charge in [-0.3, -0.25) is 4.79 Å². The number of hydrogen-bond acceptors (Lipinski definition) is 2.